The quantitative estimate of drug-likeness (QED) is 0.727. The lowest BCUT2D eigenvalue weighted by molar-refractivity contribution is -0.127. The van der Waals surface area contributed by atoms with E-state index in [0.717, 1.165) is 19.5 Å². The molecule has 1 aliphatic carbocycles. The van der Waals surface area contributed by atoms with Crippen molar-refractivity contribution in [1.29, 1.82) is 0 Å². The van der Waals surface area contributed by atoms with E-state index >= 15 is 0 Å². The first kappa shape index (κ1) is 11.9. The van der Waals surface area contributed by atoms with Crippen LogP contribution in [0.1, 0.15) is 51.9 Å². The standard InChI is InChI=1S/C13H24N2O/c1-11(16)15-9-8-13(10-15)14-12-6-4-2-3-5-7-12/h12-14H,2-10H2,1H3. The maximum Gasteiger partial charge on any atom is 0.219 e. The largest absolute Gasteiger partial charge is 0.341 e. The number of nitrogens with one attached hydrogen (secondary N) is 1. The molecule has 2 fully saturated rings. The van der Waals surface area contributed by atoms with E-state index in [2.05, 4.69) is 5.32 Å². The minimum Gasteiger partial charge on any atom is -0.341 e. The van der Waals surface area contributed by atoms with Crippen molar-refractivity contribution >= 4 is 5.91 Å². The highest BCUT2D eigenvalue weighted by atomic mass is 16.2. The Morgan fingerprint density at radius 3 is 2.31 bits per heavy atom. The summed E-state index contributed by atoms with van der Waals surface area (Å²) in [4.78, 5) is 13.2. The van der Waals surface area contributed by atoms with Gasteiger partial charge in [0, 0.05) is 32.1 Å². The summed E-state index contributed by atoms with van der Waals surface area (Å²) in [7, 11) is 0. The molecule has 0 aromatic heterocycles. The molecule has 2 rings (SSSR count). The van der Waals surface area contributed by atoms with Gasteiger partial charge in [-0.1, -0.05) is 25.7 Å². The fraction of sp³-hybridized carbons (Fsp3) is 0.923. The molecule has 1 saturated carbocycles. The lowest BCUT2D eigenvalue weighted by Crippen LogP contribution is -2.40. The summed E-state index contributed by atoms with van der Waals surface area (Å²) in [5, 5.41) is 3.75. The topological polar surface area (TPSA) is 32.3 Å². The van der Waals surface area contributed by atoms with Crippen LogP contribution in [-0.4, -0.2) is 36.0 Å². The van der Waals surface area contributed by atoms with Crippen molar-refractivity contribution in [2.45, 2.75) is 64.0 Å². The van der Waals surface area contributed by atoms with E-state index in [1.54, 1.807) is 6.92 Å². The molecule has 1 saturated heterocycles. The van der Waals surface area contributed by atoms with E-state index in [9.17, 15) is 4.79 Å². The number of hydrogen-bond donors (Lipinski definition) is 1. The molecule has 1 N–H and O–H groups in total. The zero-order valence-corrected chi connectivity index (χ0v) is 10.4. The molecule has 3 heteroatoms. The van der Waals surface area contributed by atoms with Gasteiger partial charge in [-0.3, -0.25) is 4.79 Å². The summed E-state index contributed by atoms with van der Waals surface area (Å²) in [6, 6.07) is 1.26. The highest BCUT2D eigenvalue weighted by molar-refractivity contribution is 5.73. The second-order valence-electron chi connectivity index (χ2n) is 5.31. The van der Waals surface area contributed by atoms with Crippen LogP contribution in [0.15, 0.2) is 0 Å². The molecule has 0 radical (unpaired) electrons. The fourth-order valence-corrected chi connectivity index (χ4v) is 2.96. The van der Waals surface area contributed by atoms with Crippen LogP contribution >= 0.6 is 0 Å². The molecule has 1 aliphatic heterocycles. The van der Waals surface area contributed by atoms with Crippen molar-refractivity contribution in [3.63, 3.8) is 0 Å². The van der Waals surface area contributed by atoms with Crippen molar-refractivity contribution in [3.8, 4) is 0 Å². The molecule has 1 atom stereocenters. The molecule has 1 heterocycles. The Morgan fingerprint density at radius 2 is 1.75 bits per heavy atom. The van der Waals surface area contributed by atoms with Gasteiger partial charge in [-0.2, -0.15) is 0 Å². The maximum absolute atomic E-state index is 11.2. The summed E-state index contributed by atoms with van der Waals surface area (Å²) in [5.74, 6) is 0.227. The van der Waals surface area contributed by atoms with Crippen molar-refractivity contribution < 1.29 is 4.79 Å². The third-order valence-corrected chi connectivity index (χ3v) is 3.96. The van der Waals surface area contributed by atoms with Gasteiger partial charge < -0.3 is 10.2 Å². The zero-order valence-electron chi connectivity index (χ0n) is 10.4. The molecule has 92 valence electrons. The Morgan fingerprint density at radius 1 is 1.06 bits per heavy atom. The number of likely N-dealkylation sites (tertiary alicyclic amines) is 1. The van der Waals surface area contributed by atoms with Crippen LogP contribution in [-0.2, 0) is 4.79 Å². The highest BCUT2D eigenvalue weighted by Gasteiger charge is 2.26. The van der Waals surface area contributed by atoms with Gasteiger partial charge in [0.25, 0.3) is 0 Å². The molecule has 3 nitrogen and oxygen atoms in total. The Labute approximate surface area is 98.6 Å². The summed E-state index contributed by atoms with van der Waals surface area (Å²) >= 11 is 0. The second kappa shape index (κ2) is 5.67. The molecule has 16 heavy (non-hydrogen) atoms. The van der Waals surface area contributed by atoms with Gasteiger partial charge in [0.05, 0.1) is 0 Å². The molecule has 0 bridgehead atoms. The minimum absolute atomic E-state index is 0.227. The average Bonchev–Trinajstić information content (AvgIpc) is 2.56. The Kier molecular flexibility index (Phi) is 4.22. The van der Waals surface area contributed by atoms with Gasteiger partial charge in [-0.25, -0.2) is 0 Å². The van der Waals surface area contributed by atoms with Crippen LogP contribution in [0.25, 0.3) is 0 Å². The van der Waals surface area contributed by atoms with Crippen molar-refractivity contribution in [1.82, 2.24) is 10.2 Å². The lowest BCUT2D eigenvalue weighted by atomic mass is 10.1. The van der Waals surface area contributed by atoms with Crippen LogP contribution in [0.3, 0.4) is 0 Å². The third-order valence-electron chi connectivity index (χ3n) is 3.96. The number of nitrogens with zero attached hydrogens (tertiary/aromatic N) is 1. The lowest BCUT2D eigenvalue weighted by Gasteiger charge is -2.21. The highest BCUT2D eigenvalue weighted by Crippen LogP contribution is 2.19. The zero-order chi connectivity index (χ0) is 11.4. The summed E-state index contributed by atoms with van der Waals surface area (Å²) in [6.45, 7) is 3.54. The van der Waals surface area contributed by atoms with E-state index in [-0.39, 0.29) is 5.91 Å². The van der Waals surface area contributed by atoms with E-state index in [0.29, 0.717) is 12.1 Å². The predicted octanol–water partition coefficient (Wildman–Crippen LogP) is 1.92. The maximum atomic E-state index is 11.2. The van der Waals surface area contributed by atoms with Crippen LogP contribution < -0.4 is 5.32 Å². The smallest absolute Gasteiger partial charge is 0.219 e. The van der Waals surface area contributed by atoms with Crippen molar-refractivity contribution in [2.75, 3.05) is 13.1 Å². The monoisotopic (exact) mass is 224 g/mol. The molecular formula is C13H24N2O. The van der Waals surface area contributed by atoms with Crippen LogP contribution in [0.5, 0.6) is 0 Å². The molecule has 2 aliphatic rings. The van der Waals surface area contributed by atoms with E-state index < -0.39 is 0 Å². The van der Waals surface area contributed by atoms with Gasteiger partial charge >= 0.3 is 0 Å². The molecule has 0 aromatic carbocycles. The summed E-state index contributed by atoms with van der Waals surface area (Å²) < 4.78 is 0. The first-order valence-corrected chi connectivity index (χ1v) is 6.77. The number of rotatable bonds is 2. The molecule has 0 spiro atoms. The minimum atomic E-state index is 0.227. The average molecular weight is 224 g/mol. The van der Waals surface area contributed by atoms with Gasteiger partial charge in [0.2, 0.25) is 5.91 Å². The third kappa shape index (κ3) is 3.21. The van der Waals surface area contributed by atoms with Gasteiger partial charge in [-0.05, 0) is 19.3 Å². The summed E-state index contributed by atoms with van der Waals surface area (Å²) in [6.07, 6.45) is 9.36. The number of amides is 1. The van der Waals surface area contributed by atoms with E-state index in [1.807, 2.05) is 4.90 Å². The first-order chi connectivity index (χ1) is 7.75. The summed E-state index contributed by atoms with van der Waals surface area (Å²) in [5.41, 5.74) is 0. The van der Waals surface area contributed by atoms with Gasteiger partial charge in [-0.15, -0.1) is 0 Å². The molecule has 0 aromatic rings. The second-order valence-corrected chi connectivity index (χ2v) is 5.31. The van der Waals surface area contributed by atoms with Crippen LogP contribution in [0.2, 0.25) is 0 Å². The van der Waals surface area contributed by atoms with Crippen molar-refractivity contribution in [2.24, 2.45) is 0 Å². The Balaban J connectivity index is 1.75. The molecular weight excluding hydrogens is 200 g/mol. The van der Waals surface area contributed by atoms with Gasteiger partial charge in [0.1, 0.15) is 0 Å². The Bertz CT molecular complexity index is 234. The van der Waals surface area contributed by atoms with E-state index in [4.69, 9.17) is 0 Å². The molecule has 1 unspecified atom stereocenters. The Hall–Kier alpha value is -0.570. The number of hydrogen-bond acceptors (Lipinski definition) is 2. The fourth-order valence-electron chi connectivity index (χ4n) is 2.96. The van der Waals surface area contributed by atoms with E-state index in [1.165, 1.54) is 38.5 Å². The van der Waals surface area contributed by atoms with Crippen LogP contribution in [0.4, 0.5) is 0 Å². The normalized spacial score (nSPS) is 28.1. The van der Waals surface area contributed by atoms with Crippen molar-refractivity contribution in [3.05, 3.63) is 0 Å². The number of carbonyl (C=O) groups excluding carboxylic acids is 1. The van der Waals surface area contributed by atoms with Gasteiger partial charge in [0.15, 0.2) is 0 Å². The predicted molar refractivity (Wildman–Crippen MR) is 65.3 cm³/mol. The van der Waals surface area contributed by atoms with Crippen LogP contribution in [0, 0.1) is 0 Å². The first-order valence-electron chi connectivity index (χ1n) is 6.77. The molecule has 1 amide bonds. The number of carbonyl (C=O) groups is 1. The SMILES string of the molecule is CC(=O)N1CCC(NC2CCCCCC2)C1.